The van der Waals surface area contributed by atoms with Gasteiger partial charge in [-0.15, -0.1) is 0 Å². The molecule has 1 N–H and O–H groups in total. The van der Waals surface area contributed by atoms with E-state index in [1.165, 1.54) is 12.1 Å². The SMILES string of the molecule is COc1ccc(NC(=O)C=Cc2ccc(F)c(Br)c2)cc1OCCCN(C(C)C)C(C)C. The topological polar surface area (TPSA) is 50.8 Å². The van der Waals surface area contributed by atoms with Gasteiger partial charge in [0.1, 0.15) is 5.82 Å². The Labute approximate surface area is 198 Å². The zero-order valence-electron chi connectivity index (χ0n) is 19.3. The largest absolute Gasteiger partial charge is 0.493 e. The van der Waals surface area contributed by atoms with Crippen LogP contribution in [0.25, 0.3) is 6.08 Å². The van der Waals surface area contributed by atoms with E-state index in [0.717, 1.165) is 13.0 Å². The van der Waals surface area contributed by atoms with Crippen LogP contribution in [0.4, 0.5) is 10.1 Å². The van der Waals surface area contributed by atoms with Gasteiger partial charge in [-0.25, -0.2) is 4.39 Å². The Bertz CT molecular complexity index is 923. The number of hydrogen-bond acceptors (Lipinski definition) is 4. The molecule has 0 aromatic heterocycles. The lowest BCUT2D eigenvalue weighted by Crippen LogP contribution is -2.38. The molecule has 2 aromatic carbocycles. The molecular formula is C25H32BrFN2O3. The first kappa shape index (κ1) is 25.9. The van der Waals surface area contributed by atoms with Gasteiger partial charge < -0.3 is 14.8 Å². The van der Waals surface area contributed by atoms with Gasteiger partial charge in [-0.3, -0.25) is 9.69 Å². The van der Waals surface area contributed by atoms with Crippen LogP contribution in [0.5, 0.6) is 11.5 Å². The second kappa shape index (κ2) is 12.6. The van der Waals surface area contributed by atoms with Crippen molar-refractivity contribution in [1.29, 1.82) is 0 Å². The molecule has 0 saturated carbocycles. The molecule has 0 aliphatic heterocycles. The summed E-state index contributed by atoms with van der Waals surface area (Å²) in [4.78, 5) is 14.7. The van der Waals surface area contributed by atoms with E-state index in [1.807, 2.05) is 0 Å². The highest BCUT2D eigenvalue weighted by molar-refractivity contribution is 9.10. The number of benzene rings is 2. The summed E-state index contributed by atoms with van der Waals surface area (Å²) < 4.78 is 25.0. The maximum Gasteiger partial charge on any atom is 0.248 e. The van der Waals surface area contributed by atoms with Crippen molar-refractivity contribution in [3.8, 4) is 11.5 Å². The van der Waals surface area contributed by atoms with Gasteiger partial charge in [0.05, 0.1) is 18.2 Å². The van der Waals surface area contributed by atoms with Crippen molar-refractivity contribution in [3.63, 3.8) is 0 Å². The zero-order chi connectivity index (χ0) is 23.7. The van der Waals surface area contributed by atoms with Crippen molar-refractivity contribution in [1.82, 2.24) is 4.90 Å². The summed E-state index contributed by atoms with van der Waals surface area (Å²) in [6.07, 6.45) is 3.90. The number of methoxy groups -OCH3 is 1. The molecule has 0 bridgehead atoms. The first-order chi connectivity index (χ1) is 15.2. The molecule has 0 aliphatic carbocycles. The van der Waals surface area contributed by atoms with Crippen LogP contribution in [0.2, 0.25) is 0 Å². The quantitative estimate of drug-likeness (QED) is 0.294. The number of halogens is 2. The number of rotatable bonds is 11. The molecule has 0 atom stereocenters. The average molecular weight is 507 g/mol. The lowest BCUT2D eigenvalue weighted by atomic mass is 10.2. The summed E-state index contributed by atoms with van der Waals surface area (Å²) in [5, 5.41) is 2.81. The molecule has 5 nitrogen and oxygen atoms in total. The Hall–Kier alpha value is -2.38. The Morgan fingerprint density at radius 3 is 2.47 bits per heavy atom. The average Bonchev–Trinajstić information content (AvgIpc) is 2.74. The fraction of sp³-hybridized carbons (Fsp3) is 0.400. The fourth-order valence-electron chi connectivity index (χ4n) is 3.38. The number of carbonyl (C=O) groups excluding carboxylic acids is 1. The summed E-state index contributed by atoms with van der Waals surface area (Å²) in [5.41, 5.74) is 1.31. The van der Waals surface area contributed by atoms with E-state index in [2.05, 4.69) is 53.8 Å². The number of hydrogen-bond donors (Lipinski definition) is 1. The summed E-state index contributed by atoms with van der Waals surface area (Å²) in [7, 11) is 1.59. The lowest BCUT2D eigenvalue weighted by molar-refractivity contribution is -0.111. The minimum Gasteiger partial charge on any atom is -0.493 e. The number of carbonyl (C=O) groups is 1. The lowest BCUT2D eigenvalue weighted by Gasteiger charge is -2.30. The molecule has 0 spiro atoms. The number of anilines is 1. The van der Waals surface area contributed by atoms with Crippen molar-refractivity contribution in [2.75, 3.05) is 25.6 Å². The van der Waals surface area contributed by atoms with E-state index in [0.29, 0.717) is 45.9 Å². The van der Waals surface area contributed by atoms with Crippen LogP contribution in [-0.2, 0) is 4.79 Å². The van der Waals surface area contributed by atoms with E-state index >= 15 is 0 Å². The van der Waals surface area contributed by atoms with Crippen molar-refractivity contribution >= 4 is 33.6 Å². The number of amides is 1. The van der Waals surface area contributed by atoms with Crippen LogP contribution in [0, 0.1) is 5.82 Å². The van der Waals surface area contributed by atoms with Crippen molar-refractivity contribution in [3.05, 3.63) is 58.3 Å². The molecular weight excluding hydrogens is 475 g/mol. The zero-order valence-corrected chi connectivity index (χ0v) is 20.9. The van der Waals surface area contributed by atoms with Gasteiger partial charge in [0.2, 0.25) is 5.91 Å². The molecule has 2 aromatic rings. The third-order valence-corrected chi connectivity index (χ3v) is 5.55. The Balaban J connectivity index is 1.97. The molecule has 0 radical (unpaired) electrons. The maximum absolute atomic E-state index is 13.3. The van der Waals surface area contributed by atoms with Crippen LogP contribution in [0.3, 0.4) is 0 Å². The van der Waals surface area contributed by atoms with Crippen molar-refractivity contribution < 1.29 is 18.7 Å². The third-order valence-electron chi connectivity index (χ3n) is 4.95. The van der Waals surface area contributed by atoms with Gasteiger partial charge in [-0.05, 0) is 86.0 Å². The van der Waals surface area contributed by atoms with Crippen LogP contribution in [-0.4, -0.2) is 43.2 Å². The predicted octanol–water partition coefficient (Wildman–Crippen LogP) is 6.14. The Morgan fingerprint density at radius 2 is 1.84 bits per heavy atom. The van der Waals surface area contributed by atoms with E-state index in [4.69, 9.17) is 9.47 Å². The first-order valence-corrected chi connectivity index (χ1v) is 11.5. The van der Waals surface area contributed by atoms with E-state index in [-0.39, 0.29) is 11.7 Å². The summed E-state index contributed by atoms with van der Waals surface area (Å²) in [5.74, 6) is 0.543. The summed E-state index contributed by atoms with van der Waals surface area (Å²) >= 11 is 3.14. The fourth-order valence-corrected chi connectivity index (χ4v) is 3.78. The van der Waals surface area contributed by atoms with Gasteiger partial charge >= 0.3 is 0 Å². The Morgan fingerprint density at radius 1 is 1.12 bits per heavy atom. The molecule has 0 saturated heterocycles. The van der Waals surface area contributed by atoms with Gasteiger partial charge in [-0.1, -0.05) is 6.07 Å². The number of nitrogens with zero attached hydrogens (tertiary/aromatic N) is 1. The van der Waals surface area contributed by atoms with Crippen LogP contribution in [0.15, 0.2) is 46.9 Å². The van der Waals surface area contributed by atoms with Gasteiger partial charge in [0.15, 0.2) is 11.5 Å². The molecule has 1 amide bonds. The molecule has 0 fully saturated rings. The molecule has 2 rings (SSSR count). The number of nitrogens with one attached hydrogen (secondary N) is 1. The summed E-state index contributed by atoms with van der Waals surface area (Å²) in [6, 6.07) is 10.8. The van der Waals surface area contributed by atoms with Gasteiger partial charge in [-0.2, -0.15) is 0 Å². The van der Waals surface area contributed by atoms with E-state index in [1.54, 1.807) is 43.5 Å². The molecule has 7 heteroatoms. The van der Waals surface area contributed by atoms with E-state index < -0.39 is 0 Å². The predicted molar refractivity (Wildman–Crippen MR) is 132 cm³/mol. The molecule has 0 heterocycles. The maximum atomic E-state index is 13.3. The van der Waals surface area contributed by atoms with Gasteiger partial charge in [0, 0.05) is 36.5 Å². The standard InChI is InChI=1S/C25H32BrFN2O3/c1-17(2)29(18(3)4)13-6-14-32-24-16-20(9-11-23(24)31-5)28-25(30)12-8-19-7-10-22(27)21(26)15-19/h7-12,15-18H,6,13-14H2,1-5H3,(H,28,30). The monoisotopic (exact) mass is 506 g/mol. The Kier molecular flexibility index (Phi) is 10.2. The number of ether oxygens (including phenoxy) is 2. The molecule has 174 valence electrons. The highest BCUT2D eigenvalue weighted by Crippen LogP contribution is 2.30. The highest BCUT2D eigenvalue weighted by Gasteiger charge is 2.13. The van der Waals surface area contributed by atoms with Gasteiger partial charge in [0.25, 0.3) is 0 Å². The smallest absolute Gasteiger partial charge is 0.248 e. The minimum absolute atomic E-state index is 0.300. The normalized spacial score (nSPS) is 11.6. The van der Waals surface area contributed by atoms with E-state index in [9.17, 15) is 9.18 Å². The minimum atomic E-state index is -0.349. The van der Waals surface area contributed by atoms with Crippen LogP contribution >= 0.6 is 15.9 Å². The molecule has 32 heavy (non-hydrogen) atoms. The van der Waals surface area contributed by atoms with Crippen molar-refractivity contribution in [2.45, 2.75) is 46.2 Å². The first-order valence-electron chi connectivity index (χ1n) is 10.7. The second-order valence-electron chi connectivity index (χ2n) is 7.99. The summed E-state index contributed by atoms with van der Waals surface area (Å²) in [6.45, 7) is 10.3. The molecule has 0 aliphatic rings. The van der Waals surface area contributed by atoms with Crippen molar-refractivity contribution in [2.24, 2.45) is 0 Å². The van der Waals surface area contributed by atoms with Crippen LogP contribution < -0.4 is 14.8 Å². The van der Waals surface area contributed by atoms with Crippen LogP contribution in [0.1, 0.15) is 39.7 Å². The third kappa shape index (κ3) is 7.95. The molecule has 0 unspecified atom stereocenters. The second-order valence-corrected chi connectivity index (χ2v) is 8.84. The highest BCUT2D eigenvalue weighted by atomic mass is 79.9.